The molecule has 3 aromatic rings. The lowest BCUT2D eigenvalue weighted by Crippen LogP contribution is -2.52. The van der Waals surface area contributed by atoms with Crippen molar-refractivity contribution in [1.29, 1.82) is 0 Å². The molecule has 1 aliphatic rings. The van der Waals surface area contributed by atoms with E-state index in [4.69, 9.17) is 28.6 Å². The molecule has 4 rings (SSSR count). The largest absolute Gasteiger partial charge is 0.486 e. The molecule has 3 aromatic carbocycles. The minimum Gasteiger partial charge on any atom is -0.486 e. The number of amides is 2. The van der Waals surface area contributed by atoms with Crippen molar-refractivity contribution in [2.45, 2.75) is 6.61 Å². The lowest BCUT2D eigenvalue weighted by atomic mass is 10.1. The van der Waals surface area contributed by atoms with Gasteiger partial charge in [0.05, 0.1) is 9.50 Å². The summed E-state index contributed by atoms with van der Waals surface area (Å²) in [5, 5.41) is 2.77. The summed E-state index contributed by atoms with van der Waals surface area (Å²) < 4.78 is 6.65. The zero-order valence-electron chi connectivity index (χ0n) is 17.3. The van der Waals surface area contributed by atoms with E-state index >= 15 is 0 Å². The average Bonchev–Trinajstić information content (AvgIpc) is 2.79. The van der Waals surface area contributed by atoms with Crippen LogP contribution < -0.4 is 4.74 Å². The third-order valence-corrected chi connectivity index (χ3v) is 6.65. The molecule has 0 N–H and O–H groups in total. The Balaban J connectivity index is 1.61. The van der Waals surface area contributed by atoms with Crippen LogP contribution in [-0.4, -0.2) is 40.8 Å². The van der Waals surface area contributed by atoms with Crippen LogP contribution in [-0.2, 0) is 16.2 Å². The van der Waals surface area contributed by atoms with Crippen LogP contribution in [0.15, 0.2) is 64.6 Å². The molecule has 1 heterocycles. The van der Waals surface area contributed by atoms with E-state index in [1.165, 1.54) is 30.0 Å². The molecule has 0 spiro atoms. The molecule has 32 heavy (non-hydrogen) atoms. The van der Waals surface area contributed by atoms with E-state index in [2.05, 4.69) is 34.1 Å². The van der Waals surface area contributed by atoms with Crippen LogP contribution in [0.5, 0.6) is 5.75 Å². The van der Waals surface area contributed by atoms with E-state index < -0.39 is 11.8 Å². The highest BCUT2D eigenvalue weighted by Crippen LogP contribution is 2.36. The first kappa shape index (κ1) is 22.5. The van der Waals surface area contributed by atoms with Crippen LogP contribution in [0, 0.1) is 0 Å². The third kappa shape index (κ3) is 4.16. The van der Waals surface area contributed by atoms with Crippen molar-refractivity contribution in [3.8, 4) is 5.75 Å². The molecule has 8 heteroatoms. The van der Waals surface area contributed by atoms with Gasteiger partial charge in [0.25, 0.3) is 11.8 Å². The van der Waals surface area contributed by atoms with Crippen LogP contribution in [0.2, 0.25) is 5.02 Å². The molecule has 2 amide bonds. The van der Waals surface area contributed by atoms with Gasteiger partial charge in [-0.25, -0.2) is 0 Å². The zero-order chi connectivity index (χ0) is 23.0. The molecule has 0 radical (unpaired) electrons. The monoisotopic (exact) mass is 528 g/mol. The van der Waals surface area contributed by atoms with E-state index in [0.717, 1.165) is 16.3 Å². The van der Waals surface area contributed by atoms with Crippen molar-refractivity contribution in [3.63, 3.8) is 0 Å². The number of fused-ring (bicyclic) bond motifs is 1. The van der Waals surface area contributed by atoms with E-state index in [0.29, 0.717) is 27.4 Å². The van der Waals surface area contributed by atoms with Crippen molar-refractivity contribution in [3.05, 3.63) is 80.8 Å². The van der Waals surface area contributed by atoms with E-state index in [1.54, 1.807) is 12.1 Å². The van der Waals surface area contributed by atoms with Gasteiger partial charge in [-0.05, 0) is 68.3 Å². The minimum absolute atomic E-state index is 0.0102. The van der Waals surface area contributed by atoms with Gasteiger partial charge in [0, 0.05) is 14.1 Å². The number of carbonyl (C=O) groups is 2. The predicted octanol–water partition coefficient (Wildman–Crippen LogP) is 5.43. The van der Waals surface area contributed by atoms with Crippen LogP contribution in [0.25, 0.3) is 16.8 Å². The summed E-state index contributed by atoms with van der Waals surface area (Å²) in [6, 6.07) is 17.6. The van der Waals surface area contributed by atoms with Crippen molar-refractivity contribution in [2.24, 2.45) is 0 Å². The quantitative estimate of drug-likeness (QED) is 0.257. The molecule has 0 aliphatic carbocycles. The Hall–Kier alpha value is -2.74. The lowest BCUT2D eigenvalue weighted by molar-refractivity contribution is -0.132. The normalized spacial score (nSPS) is 14.4. The number of halogens is 2. The van der Waals surface area contributed by atoms with Gasteiger partial charge in [-0.3, -0.25) is 19.4 Å². The summed E-state index contributed by atoms with van der Waals surface area (Å²) in [6.07, 6.45) is 1.50. The molecular formula is C24H18BrClN2O3S. The number of thiocarbonyl (C=S) groups is 1. The lowest BCUT2D eigenvalue weighted by Gasteiger charge is -2.31. The van der Waals surface area contributed by atoms with E-state index in [1.807, 2.05) is 24.3 Å². The highest BCUT2D eigenvalue weighted by atomic mass is 79.9. The smallest absolute Gasteiger partial charge is 0.265 e. The van der Waals surface area contributed by atoms with Crippen molar-refractivity contribution in [1.82, 2.24) is 9.80 Å². The Morgan fingerprint density at radius 2 is 1.69 bits per heavy atom. The van der Waals surface area contributed by atoms with Gasteiger partial charge in [0.15, 0.2) is 10.9 Å². The standard InChI is InChI=1S/C24H18BrClN2O3S/c1-27-22(29)18(23(30)28(2)24(27)32)10-14-11-19(25)21(20(26)12-14)31-13-16-8-5-7-15-6-3-4-9-17(15)16/h3-12H,13H2,1-2H3. The SMILES string of the molecule is CN1C(=O)C(=Cc2cc(Cl)c(OCc3cccc4ccccc34)c(Br)c2)C(=O)N(C)C1=S. The van der Waals surface area contributed by atoms with Crippen LogP contribution in [0.3, 0.4) is 0 Å². The first-order valence-electron chi connectivity index (χ1n) is 9.68. The molecule has 0 atom stereocenters. The van der Waals surface area contributed by atoms with Crippen LogP contribution >= 0.6 is 39.7 Å². The second kappa shape index (κ2) is 9.02. The Morgan fingerprint density at radius 1 is 1.03 bits per heavy atom. The fraction of sp³-hybridized carbons (Fsp3) is 0.125. The molecule has 1 saturated heterocycles. The summed E-state index contributed by atoms with van der Waals surface area (Å²) in [7, 11) is 3.07. The third-order valence-electron chi connectivity index (χ3n) is 5.23. The van der Waals surface area contributed by atoms with Gasteiger partial charge < -0.3 is 4.74 Å². The number of benzene rings is 3. The van der Waals surface area contributed by atoms with Crippen molar-refractivity contribution < 1.29 is 14.3 Å². The Morgan fingerprint density at radius 3 is 2.38 bits per heavy atom. The molecule has 1 fully saturated rings. The van der Waals surface area contributed by atoms with Crippen molar-refractivity contribution >= 4 is 73.5 Å². The van der Waals surface area contributed by atoms with E-state index in [9.17, 15) is 9.59 Å². The van der Waals surface area contributed by atoms with E-state index in [-0.39, 0.29) is 10.7 Å². The molecule has 1 aliphatic heterocycles. The highest BCUT2D eigenvalue weighted by Gasteiger charge is 2.35. The van der Waals surface area contributed by atoms with Crippen LogP contribution in [0.1, 0.15) is 11.1 Å². The Labute approximate surface area is 204 Å². The topological polar surface area (TPSA) is 49.9 Å². The summed E-state index contributed by atoms with van der Waals surface area (Å²) in [6.45, 7) is 0.337. The Kier molecular flexibility index (Phi) is 6.33. The minimum atomic E-state index is -0.457. The summed E-state index contributed by atoms with van der Waals surface area (Å²) in [5.74, 6) is -0.429. The second-order valence-electron chi connectivity index (χ2n) is 7.31. The molecule has 0 aromatic heterocycles. The molecule has 0 saturated carbocycles. The average molecular weight is 530 g/mol. The molecular weight excluding hydrogens is 512 g/mol. The number of rotatable bonds is 4. The van der Waals surface area contributed by atoms with Gasteiger partial charge in [-0.1, -0.05) is 54.1 Å². The second-order valence-corrected chi connectivity index (χ2v) is 8.94. The van der Waals surface area contributed by atoms with Gasteiger partial charge in [0.2, 0.25) is 0 Å². The fourth-order valence-electron chi connectivity index (χ4n) is 3.51. The number of likely N-dealkylation sites (N-methyl/N-ethyl adjacent to an activating group) is 2. The first-order valence-corrected chi connectivity index (χ1v) is 11.3. The van der Waals surface area contributed by atoms with Crippen molar-refractivity contribution in [2.75, 3.05) is 14.1 Å². The number of hydrogen-bond acceptors (Lipinski definition) is 4. The maximum atomic E-state index is 12.6. The maximum Gasteiger partial charge on any atom is 0.265 e. The van der Waals surface area contributed by atoms with Gasteiger partial charge in [-0.2, -0.15) is 0 Å². The Bertz CT molecular complexity index is 1250. The number of hydrogen-bond donors (Lipinski definition) is 0. The number of ether oxygens (including phenoxy) is 1. The highest BCUT2D eigenvalue weighted by molar-refractivity contribution is 9.10. The summed E-state index contributed by atoms with van der Waals surface area (Å²) in [4.78, 5) is 27.6. The number of nitrogens with zero attached hydrogens (tertiary/aromatic N) is 2. The van der Waals surface area contributed by atoms with Crippen LogP contribution in [0.4, 0.5) is 0 Å². The maximum absolute atomic E-state index is 12.6. The fourth-order valence-corrected chi connectivity index (χ4v) is 4.67. The molecule has 162 valence electrons. The predicted molar refractivity (Wildman–Crippen MR) is 134 cm³/mol. The summed E-state index contributed by atoms with van der Waals surface area (Å²) >= 11 is 15.1. The molecule has 0 unspecified atom stereocenters. The molecule has 0 bridgehead atoms. The number of carbonyl (C=O) groups excluding carboxylic acids is 2. The zero-order valence-corrected chi connectivity index (χ0v) is 20.4. The first-order chi connectivity index (χ1) is 15.3. The van der Waals surface area contributed by atoms with Gasteiger partial charge >= 0.3 is 0 Å². The van der Waals surface area contributed by atoms with Gasteiger partial charge in [0.1, 0.15) is 12.2 Å². The van der Waals surface area contributed by atoms with Gasteiger partial charge in [-0.15, -0.1) is 0 Å². The molecule has 5 nitrogen and oxygen atoms in total. The summed E-state index contributed by atoms with van der Waals surface area (Å²) in [5.41, 5.74) is 1.64.